The van der Waals surface area contributed by atoms with Gasteiger partial charge in [0.1, 0.15) is 0 Å². The van der Waals surface area contributed by atoms with Crippen molar-refractivity contribution in [1.29, 1.82) is 0 Å². The standard InChI is InChI=1S/C13H20N2O3/c1-18-12(16)4-2-3-11-10-5-9-6-14(8-10)13(17)15(11)7-9/h9-11H,2-8H2,1H3/t9-,10+,11-/m0/s1. The first-order valence-corrected chi connectivity index (χ1v) is 6.81. The number of nitrogens with zero attached hydrogens (tertiary/aromatic N) is 2. The Labute approximate surface area is 107 Å². The van der Waals surface area contributed by atoms with Crippen molar-refractivity contribution in [3.8, 4) is 0 Å². The van der Waals surface area contributed by atoms with E-state index in [0.717, 1.165) is 32.5 Å². The summed E-state index contributed by atoms with van der Waals surface area (Å²) >= 11 is 0. The molecule has 4 aliphatic rings. The normalized spacial score (nSPS) is 33.2. The van der Waals surface area contributed by atoms with Crippen LogP contribution in [0, 0.1) is 11.8 Å². The number of hydrogen-bond donors (Lipinski definition) is 0. The molecule has 0 saturated carbocycles. The van der Waals surface area contributed by atoms with Crippen LogP contribution in [0.1, 0.15) is 25.7 Å². The fraction of sp³-hybridized carbons (Fsp3) is 0.846. The minimum atomic E-state index is -0.149. The molecule has 0 radical (unpaired) electrons. The third-order valence-electron chi connectivity index (χ3n) is 4.59. The lowest BCUT2D eigenvalue weighted by molar-refractivity contribution is -0.140. The van der Waals surface area contributed by atoms with Crippen LogP contribution in [0.4, 0.5) is 4.79 Å². The quantitative estimate of drug-likeness (QED) is 0.704. The lowest BCUT2D eigenvalue weighted by Gasteiger charge is -2.57. The summed E-state index contributed by atoms with van der Waals surface area (Å²) in [7, 11) is 1.42. The molecule has 4 rings (SSSR count). The zero-order chi connectivity index (χ0) is 12.7. The topological polar surface area (TPSA) is 49.9 Å². The van der Waals surface area contributed by atoms with E-state index in [2.05, 4.69) is 4.74 Å². The van der Waals surface area contributed by atoms with Crippen LogP contribution in [0.25, 0.3) is 0 Å². The molecule has 18 heavy (non-hydrogen) atoms. The summed E-state index contributed by atoms with van der Waals surface area (Å²) in [5.41, 5.74) is 0. The summed E-state index contributed by atoms with van der Waals surface area (Å²) in [5.74, 6) is 1.15. The Bertz CT molecular complexity index is 371. The van der Waals surface area contributed by atoms with Crippen molar-refractivity contribution in [2.24, 2.45) is 11.8 Å². The van der Waals surface area contributed by atoms with Crippen LogP contribution < -0.4 is 0 Å². The zero-order valence-corrected chi connectivity index (χ0v) is 10.8. The van der Waals surface area contributed by atoms with Gasteiger partial charge in [-0.05, 0) is 31.1 Å². The molecule has 0 aromatic carbocycles. The Morgan fingerprint density at radius 2 is 2.22 bits per heavy atom. The van der Waals surface area contributed by atoms with Gasteiger partial charge in [0.25, 0.3) is 0 Å². The summed E-state index contributed by atoms with van der Waals surface area (Å²) in [4.78, 5) is 27.3. The molecule has 4 fully saturated rings. The Balaban J connectivity index is 1.59. The fourth-order valence-corrected chi connectivity index (χ4v) is 3.83. The van der Waals surface area contributed by atoms with Gasteiger partial charge in [-0.25, -0.2) is 4.79 Å². The van der Waals surface area contributed by atoms with Crippen molar-refractivity contribution in [2.75, 3.05) is 26.7 Å². The molecule has 2 amide bonds. The Morgan fingerprint density at radius 3 is 3.00 bits per heavy atom. The molecule has 0 aromatic rings. The second kappa shape index (κ2) is 4.44. The smallest absolute Gasteiger partial charge is 0.320 e. The van der Waals surface area contributed by atoms with E-state index >= 15 is 0 Å². The summed E-state index contributed by atoms with van der Waals surface area (Å²) in [5, 5.41) is 0. The molecule has 4 bridgehead atoms. The van der Waals surface area contributed by atoms with Crippen molar-refractivity contribution in [3.05, 3.63) is 0 Å². The van der Waals surface area contributed by atoms with E-state index in [0.29, 0.717) is 24.3 Å². The van der Waals surface area contributed by atoms with Gasteiger partial charge in [0.2, 0.25) is 0 Å². The van der Waals surface area contributed by atoms with Gasteiger partial charge < -0.3 is 14.5 Å². The number of carbonyl (C=O) groups is 2. The van der Waals surface area contributed by atoms with Gasteiger partial charge in [-0.1, -0.05) is 0 Å². The number of ether oxygens (including phenoxy) is 1. The van der Waals surface area contributed by atoms with Crippen LogP contribution in [0.5, 0.6) is 0 Å². The SMILES string of the molecule is COC(=O)CCC[C@H]1[C@@H]2C[C@H]3CN(C2)C(=O)N1C3. The molecular formula is C13H20N2O3. The molecule has 100 valence electrons. The predicted octanol–water partition coefficient (Wildman–Crippen LogP) is 1.09. The number of methoxy groups -OCH3 is 1. The molecular weight excluding hydrogens is 232 g/mol. The van der Waals surface area contributed by atoms with E-state index in [1.807, 2.05) is 9.80 Å². The highest BCUT2D eigenvalue weighted by Crippen LogP contribution is 2.40. The average molecular weight is 252 g/mol. The monoisotopic (exact) mass is 252 g/mol. The number of hydrogen-bond acceptors (Lipinski definition) is 3. The number of rotatable bonds is 4. The Hall–Kier alpha value is -1.26. The summed E-state index contributed by atoms with van der Waals surface area (Å²) < 4.78 is 4.65. The third-order valence-corrected chi connectivity index (χ3v) is 4.59. The van der Waals surface area contributed by atoms with Crippen LogP contribution in [0.15, 0.2) is 0 Å². The van der Waals surface area contributed by atoms with Crippen LogP contribution in [-0.2, 0) is 9.53 Å². The van der Waals surface area contributed by atoms with Gasteiger partial charge in [-0.3, -0.25) is 4.79 Å². The molecule has 0 aromatic heterocycles. The third kappa shape index (κ3) is 1.85. The lowest BCUT2D eigenvalue weighted by Crippen LogP contribution is -2.69. The van der Waals surface area contributed by atoms with Crippen LogP contribution in [-0.4, -0.2) is 54.6 Å². The Morgan fingerprint density at radius 1 is 1.39 bits per heavy atom. The predicted molar refractivity (Wildman–Crippen MR) is 64.9 cm³/mol. The van der Waals surface area contributed by atoms with Gasteiger partial charge >= 0.3 is 12.0 Å². The summed E-state index contributed by atoms with van der Waals surface area (Å²) in [6.07, 6.45) is 3.48. The molecule has 5 nitrogen and oxygen atoms in total. The number of urea groups is 1. The first-order valence-electron chi connectivity index (χ1n) is 6.81. The molecule has 0 unspecified atom stereocenters. The largest absolute Gasteiger partial charge is 0.469 e. The number of carbonyl (C=O) groups excluding carboxylic acids is 2. The second-order valence-corrected chi connectivity index (χ2v) is 5.74. The van der Waals surface area contributed by atoms with Gasteiger partial charge in [0, 0.05) is 32.1 Å². The zero-order valence-electron chi connectivity index (χ0n) is 10.8. The molecule has 4 aliphatic heterocycles. The molecule has 4 heterocycles. The van der Waals surface area contributed by atoms with E-state index in [1.165, 1.54) is 13.5 Å². The molecule has 4 saturated heterocycles. The minimum Gasteiger partial charge on any atom is -0.469 e. The van der Waals surface area contributed by atoms with E-state index in [4.69, 9.17) is 0 Å². The van der Waals surface area contributed by atoms with E-state index in [-0.39, 0.29) is 12.0 Å². The Kier molecular flexibility index (Phi) is 2.92. The van der Waals surface area contributed by atoms with Gasteiger partial charge in [0.15, 0.2) is 0 Å². The highest BCUT2D eigenvalue weighted by molar-refractivity contribution is 5.77. The maximum Gasteiger partial charge on any atom is 0.320 e. The van der Waals surface area contributed by atoms with Crippen molar-refractivity contribution >= 4 is 12.0 Å². The van der Waals surface area contributed by atoms with Crippen LogP contribution in [0.3, 0.4) is 0 Å². The highest BCUT2D eigenvalue weighted by Gasteiger charge is 2.49. The van der Waals surface area contributed by atoms with Crippen LogP contribution >= 0.6 is 0 Å². The maximum absolute atomic E-state index is 12.1. The average Bonchev–Trinajstić information content (AvgIpc) is 2.37. The van der Waals surface area contributed by atoms with Gasteiger partial charge in [0.05, 0.1) is 7.11 Å². The van der Waals surface area contributed by atoms with Crippen molar-refractivity contribution in [2.45, 2.75) is 31.7 Å². The summed E-state index contributed by atoms with van der Waals surface area (Å²) in [6, 6.07) is 0.570. The maximum atomic E-state index is 12.1. The van der Waals surface area contributed by atoms with Crippen molar-refractivity contribution in [3.63, 3.8) is 0 Å². The number of amides is 2. The molecule has 0 aliphatic carbocycles. The first kappa shape index (κ1) is 11.8. The van der Waals surface area contributed by atoms with Crippen molar-refractivity contribution < 1.29 is 14.3 Å². The van der Waals surface area contributed by atoms with Gasteiger partial charge in [-0.2, -0.15) is 0 Å². The lowest BCUT2D eigenvalue weighted by atomic mass is 9.75. The molecule has 0 N–H and O–H groups in total. The van der Waals surface area contributed by atoms with E-state index in [9.17, 15) is 9.59 Å². The number of piperidine rings is 2. The molecule has 0 spiro atoms. The van der Waals surface area contributed by atoms with Gasteiger partial charge in [-0.15, -0.1) is 0 Å². The second-order valence-electron chi connectivity index (χ2n) is 5.74. The highest BCUT2D eigenvalue weighted by atomic mass is 16.5. The van der Waals surface area contributed by atoms with Crippen LogP contribution in [0.2, 0.25) is 0 Å². The fourth-order valence-electron chi connectivity index (χ4n) is 3.83. The van der Waals surface area contributed by atoms with E-state index < -0.39 is 0 Å². The first-order chi connectivity index (χ1) is 8.69. The molecule has 5 heteroatoms. The summed E-state index contributed by atoms with van der Waals surface area (Å²) in [6.45, 7) is 2.81. The van der Waals surface area contributed by atoms with E-state index in [1.54, 1.807) is 0 Å². The minimum absolute atomic E-state index is 0.149. The molecule has 3 atom stereocenters. The number of esters is 1. The van der Waals surface area contributed by atoms with Crippen molar-refractivity contribution in [1.82, 2.24) is 9.80 Å².